The van der Waals surface area contributed by atoms with E-state index in [0.717, 1.165) is 25.5 Å². The Balaban J connectivity index is 0.00000417. The second-order valence-corrected chi connectivity index (χ2v) is 13.4. The van der Waals surface area contributed by atoms with Crippen LogP contribution in [0.25, 0.3) is 16.8 Å². The maximum atomic E-state index is 12.6. The van der Waals surface area contributed by atoms with Crippen LogP contribution in [0, 0.1) is 11.3 Å². The largest absolute Gasteiger partial charge is 0.489 e. The molecule has 49 heavy (non-hydrogen) atoms. The van der Waals surface area contributed by atoms with Crippen molar-refractivity contribution in [3.05, 3.63) is 60.3 Å². The van der Waals surface area contributed by atoms with E-state index >= 15 is 0 Å². The van der Waals surface area contributed by atoms with Gasteiger partial charge in [0, 0.05) is 56.1 Å². The van der Waals surface area contributed by atoms with Gasteiger partial charge in [-0.2, -0.15) is 23.9 Å². The Morgan fingerprint density at radius 2 is 1.90 bits per heavy atom. The SMILES string of the molecule is COc1ccc(CN2C3CC2CN(c2cnc(-c4cc(OC[C@H]5CN(C(=O)OC(C)(C)C)CCO5)cn5ncc(C#N)c45)cn2)C3)cn1.S. The molecule has 0 N–H and O–H groups in total. The fourth-order valence-corrected chi connectivity index (χ4v) is 6.55. The molecule has 258 valence electrons. The molecule has 4 aliphatic rings. The number of methoxy groups -OCH3 is 1. The minimum Gasteiger partial charge on any atom is -0.489 e. The molecule has 2 bridgehead atoms. The normalized spacial score (nSPS) is 20.6. The molecule has 4 aromatic heterocycles. The molecule has 4 aliphatic heterocycles. The van der Waals surface area contributed by atoms with E-state index < -0.39 is 5.60 Å². The van der Waals surface area contributed by atoms with Crippen LogP contribution >= 0.6 is 13.5 Å². The van der Waals surface area contributed by atoms with E-state index in [1.54, 1.807) is 35.1 Å². The summed E-state index contributed by atoms with van der Waals surface area (Å²) in [5, 5.41) is 14.2. The van der Waals surface area contributed by atoms with Gasteiger partial charge in [-0.25, -0.2) is 19.3 Å². The summed E-state index contributed by atoms with van der Waals surface area (Å²) in [7, 11) is 1.62. The number of piperidine rings is 1. The van der Waals surface area contributed by atoms with Crippen LogP contribution < -0.4 is 14.4 Å². The maximum Gasteiger partial charge on any atom is 0.410 e. The lowest BCUT2D eigenvalue weighted by atomic mass is 9.87. The molecular formula is C34H41N9O5S. The van der Waals surface area contributed by atoms with Crippen LogP contribution in [0.15, 0.2) is 49.2 Å². The highest BCUT2D eigenvalue weighted by Gasteiger charge is 2.44. The Morgan fingerprint density at radius 3 is 2.57 bits per heavy atom. The highest BCUT2D eigenvalue weighted by molar-refractivity contribution is 7.59. The van der Waals surface area contributed by atoms with Crippen molar-refractivity contribution in [3.8, 4) is 29.0 Å². The Morgan fingerprint density at radius 1 is 1.08 bits per heavy atom. The molecule has 4 saturated heterocycles. The minimum absolute atomic E-state index is 0. The van der Waals surface area contributed by atoms with Crippen molar-refractivity contribution in [2.75, 3.05) is 51.4 Å². The molecule has 8 rings (SSSR count). The van der Waals surface area contributed by atoms with Gasteiger partial charge in [0.15, 0.2) is 0 Å². The number of hydrogen-bond donors (Lipinski definition) is 0. The second-order valence-electron chi connectivity index (χ2n) is 13.4. The van der Waals surface area contributed by atoms with Crippen molar-refractivity contribution < 1.29 is 23.7 Å². The van der Waals surface area contributed by atoms with E-state index in [-0.39, 0.29) is 32.3 Å². The molecular weight excluding hydrogens is 646 g/mol. The number of carbonyl (C=O) groups excluding carboxylic acids is 1. The highest BCUT2D eigenvalue weighted by atomic mass is 32.1. The number of amides is 1. The molecule has 14 nitrogen and oxygen atoms in total. The Kier molecular flexibility index (Phi) is 9.82. The number of nitrogens with zero attached hydrogens (tertiary/aromatic N) is 9. The van der Waals surface area contributed by atoms with E-state index in [1.807, 2.05) is 39.1 Å². The van der Waals surface area contributed by atoms with E-state index in [1.165, 1.54) is 18.2 Å². The quantitative estimate of drug-likeness (QED) is 0.267. The minimum atomic E-state index is -0.577. The molecule has 0 radical (unpaired) electrons. The van der Waals surface area contributed by atoms with Crippen LogP contribution in [-0.4, -0.2) is 111 Å². The fraction of sp³-hybridized carbons (Fsp3) is 0.471. The van der Waals surface area contributed by atoms with Crippen molar-refractivity contribution in [1.82, 2.24) is 34.4 Å². The lowest BCUT2D eigenvalue weighted by Crippen LogP contribution is -2.68. The molecule has 3 atom stereocenters. The smallest absolute Gasteiger partial charge is 0.410 e. The zero-order valence-corrected chi connectivity index (χ0v) is 29.1. The molecule has 1 amide bonds. The van der Waals surface area contributed by atoms with Gasteiger partial charge in [-0.3, -0.25) is 9.88 Å². The number of morpholine rings is 1. The van der Waals surface area contributed by atoms with Gasteiger partial charge < -0.3 is 28.7 Å². The summed E-state index contributed by atoms with van der Waals surface area (Å²) >= 11 is 0. The van der Waals surface area contributed by atoms with Gasteiger partial charge in [-0.1, -0.05) is 6.07 Å². The second kappa shape index (κ2) is 14.1. The standard InChI is InChI=1S/C34H39N9O5.H2S/c1-34(2,3)48-33(44)40-7-8-46-27(19-40)21-47-26-10-28(32-23(11-35)13-39-43(32)20-26)29-14-37-30(15-36-29)41-17-24-9-25(18-41)42(24)16-22-5-6-31(45-4)38-12-22;/h5-6,10,12-15,20,24-25,27H,7-9,16-19,21H2,1-4H3;1H2/t24?,25?,27-;/m1./s1. The first-order valence-electron chi connectivity index (χ1n) is 16.1. The molecule has 0 aromatic carbocycles. The van der Waals surface area contributed by atoms with Gasteiger partial charge in [-0.05, 0) is 38.8 Å². The summed E-state index contributed by atoms with van der Waals surface area (Å²) in [5.74, 6) is 1.97. The Hall–Kier alpha value is -4.65. The topological polar surface area (TPSA) is 143 Å². The van der Waals surface area contributed by atoms with E-state index in [9.17, 15) is 10.1 Å². The van der Waals surface area contributed by atoms with Crippen LogP contribution in [0.3, 0.4) is 0 Å². The molecule has 4 fully saturated rings. The van der Waals surface area contributed by atoms with E-state index in [4.69, 9.17) is 28.9 Å². The Labute approximate surface area is 292 Å². The van der Waals surface area contributed by atoms with Crippen molar-refractivity contribution in [3.63, 3.8) is 0 Å². The number of fused-ring (bicyclic) bond motifs is 3. The summed E-state index contributed by atoms with van der Waals surface area (Å²) in [4.78, 5) is 33.0. The summed E-state index contributed by atoms with van der Waals surface area (Å²) in [6, 6.07) is 8.93. The lowest BCUT2D eigenvalue weighted by Gasteiger charge is -2.56. The molecule has 0 aliphatic carbocycles. The first-order valence-corrected chi connectivity index (χ1v) is 16.1. The van der Waals surface area contributed by atoms with Crippen LogP contribution in [0.5, 0.6) is 11.6 Å². The van der Waals surface area contributed by atoms with Gasteiger partial charge in [0.2, 0.25) is 5.88 Å². The Bertz CT molecular complexity index is 1810. The van der Waals surface area contributed by atoms with Crippen LogP contribution in [0.1, 0.15) is 38.3 Å². The first kappa shape index (κ1) is 34.2. The number of rotatable bonds is 8. The first-order chi connectivity index (χ1) is 23.2. The summed E-state index contributed by atoms with van der Waals surface area (Å²) in [6.07, 6.45) is 9.14. The molecule has 15 heteroatoms. The zero-order chi connectivity index (χ0) is 33.4. The molecule has 8 heterocycles. The van der Waals surface area contributed by atoms with Crippen LogP contribution in [0.4, 0.5) is 10.6 Å². The van der Waals surface area contributed by atoms with E-state index in [2.05, 4.69) is 32.0 Å². The number of carbonyl (C=O) groups is 1. The third-order valence-electron chi connectivity index (χ3n) is 8.89. The molecule has 4 aromatic rings. The van der Waals surface area contributed by atoms with Crippen molar-refractivity contribution in [1.29, 1.82) is 5.26 Å². The molecule has 0 saturated carbocycles. The number of anilines is 1. The van der Waals surface area contributed by atoms with Crippen molar-refractivity contribution >= 4 is 30.9 Å². The van der Waals surface area contributed by atoms with Crippen LogP contribution in [0.2, 0.25) is 0 Å². The number of hydrogen-bond acceptors (Lipinski definition) is 12. The predicted octanol–water partition coefficient (Wildman–Crippen LogP) is 3.66. The number of aromatic nitrogens is 5. The highest BCUT2D eigenvalue weighted by Crippen LogP contribution is 2.36. The number of piperazine rings is 1. The average molecular weight is 688 g/mol. The number of nitriles is 1. The monoisotopic (exact) mass is 687 g/mol. The average Bonchev–Trinajstić information content (AvgIpc) is 3.52. The van der Waals surface area contributed by atoms with Gasteiger partial charge in [0.25, 0.3) is 0 Å². The number of ether oxygens (including phenoxy) is 4. The van der Waals surface area contributed by atoms with Crippen LogP contribution in [-0.2, 0) is 16.0 Å². The van der Waals surface area contributed by atoms with E-state index in [0.29, 0.717) is 65.7 Å². The summed E-state index contributed by atoms with van der Waals surface area (Å²) < 4.78 is 24.4. The maximum absolute atomic E-state index is 12.6. The number of pyridine rings is 2. The third kappa shape index (κ3) is 7.36. The van der Waals surface area contributed by atoms with Crippen molar-refractivity contribution in [2.24, 2.45) is 0 Å². The zero-order valence-electron chi connectivity index (χ0n) is 28.1. The van der Waals surface area contributed by atoms with Gasteiger partial charge >= 0.3 is 6.09 Å². The van der Waals surface area contributed by atoms with Crippen molar-refractivity contribution in [2.45, 2.75) is 57.5 Å². The molecule has 2 unspecified atom stereocenters. The summed E-state index contributed by atoms with van der Waals surface area (Å²) in [5.41, 5.74) is 2.93. The summed E-state index contributed by atoms with van der Waals surface area (Å²) in [6.45, 7) is 9.55. The predicted molar refractivity (Wildman–Crippen MR) is 185 cm³/mol. The third-order valence-corrected chi connectivity index (χ3v) is 8.89. The van der Waals surface area contributed by atoms with Gasteiger partial charge in [0.05, 0.1) is 61.8 Å². The molecule has 0 spiro atoms. The van der Waals surface area contributed by atoms with Gasteiger partial charge in [-0.15, -0.1) is 0 Å². The fourth-order valence-electron chi connectivity index (χ4n) is 6.55. The lowest BCUT2D eigenvalue weighted by molar-refractivity contribution is -0.0557. The van der Waals surface area contributed by atoms with Gasteiger partial charge in [0.1, 0.15) is 35.9 Å².